The minimum absolute atomic E-state index is 0.104. The number of benzene rings is 1. The number of fused-ring (bicyclic) bond motifs is 5. The van der Waals surface area contributed by atoms with Crippen molar-refractivity contribution in [3.05, 3.63) is 51.7 Å². The second kappa shape index (κ2) is 8.82. The highest BCUT2D eigenvalue weighted by atomic mass is 32.1. The van der Waals surface area contributed by atoms with Gasteiger partial charge in [0.15, 0.2) is 5.13 Å². The van der Waals surface area contributed by atoms with E-state index in [4.69, 9.17) is 0 Å². The number of hydrogen-bond acceptors (Lipinski definition) is 7. The first-order chi connectivity index (χ1) is 16.4. The molecule has 1 fully saturated rings. The van der Waals surface area contributed by atoms with E-state index in [0.717, 1.165) is 36.8 Å². The molecule has 0 saturated heterocycles. The number of rotatable bonds is 6. The molecule has 5 unspecified atom stereocenters. The number of aryl methyl sites for hydroxylation is 2. The molecule has 5 atom stereocenters. The first-order valence-corrected chi connectivity index (χ1v) is 12.8. The first kappa shape index (κ1) is 23.1. The van der Waals surface area contributed by atoms with Crippen LogP contribution in [0.4, 0.5) is 5.13 Å². The third kappa shape index (κ3) is 3.73. The molecule has 3 aliphatic rings. The van der Waals surface area contributed by atoms with Crippen LogP contribution in [0.3, 0.4) is 0 Å². The van der Waals surface area contributed by atoms with E-state index in [0.29, 0.717) is 40.4 Å². The molecule has 5 rings (SSSR count). The summed E-state index contributed by atoms with van der Waals surface area (Å²) in [5.74, 6) is 0.929. The van der Waals surface area contributed by atoms with Gasteiger partial charge in [-0.15, -0.1) is 11.3 Å². The van der Waals surface area contributed by atoms with Gasteiger partial charge in [-0.1, -0.05) is 13.0 Å². The molecule has 1 aromatic carbocycles. The van der Waals surface area contributed by atoms with Crippen molar-refractivity contribution in [2.24, 2.45) is 23.2 Å². The fourth-order valence-electron chi connectivity index (χ4n) is 7.12. The molecule has 1 heterocycles. The number of aromatic hydroxyl groups is 1. The maximum Gasteiger partial charge on any atom is 0.226 e. The number of thiazole rings is 1. The van der Waals surface area contributed by atoms with Crippen molar-refractivity contribution in [1.82, 2.24) is 10.5 Å². The number of aromatic nitrogens is 1. The van der Waals surface area contributed by atoms with E-state index in [1.54, 1.807) is 12.3 Å². The third-order valence-corrected chi connectivity index (χ3v) is 9.27. The van der Waals surface area contributed by atoms with Gasteiger partial charge >= 0.3 is 0 Å². The number of nitrogens with zero attached hydrogens (tertiary/aromatic N) is 1. The van der Waals surface area contributed by atoms with Gasteiger partial charge in [0, 0.05) is 28.5 Å². The molecule has 180 valence electrons. The predicted molar refractivity (Wildman–Crippen MR) is 130 cm³/mol. The number of allylic oxidation sites excluding steroid dienone is 2. The number of phenolic OH excluding ortho intramolecular Hbond substituents is 1. The Kier molecular flexibility index (Phi) is 5.98. The van der Waals surface area contributed by atoms with Gasteiger partial charge in [0.1, 0.15) is 12.0 Å². The summed E-state index contributed by atoms with van der Waals surface area (Å²) in [4.78, 5) is 30.2. The smallest absolute Gasteiger partial charge is 0.226 e. The van der Waals surface area contributed by atoms with E-state index in [2.05, 4.69) is 28.8 Å². The normalized spacial score (nSPS) is 29.7. The lowest BCUT2D eigenvalue weighted by molar-refractivity contribution is -0.116. The number of aldehydes is 1. The number of anilines is 1. The zero-order valence-electron chi connectivity index (χ0n) is 19.5. The second-order valence-corrected chi connectivity index (χ2v) is 11.4. The number of hydroxylamine groups is 1. The molecule has 0 bridgehead atoms. The van der Waals surface area contributed by atoms with Gasteiger partial charge in [0.05, 0.1) is 5.70 Å². The molecule has 4 N–H and O–H groups in total. The molecule has 3 aliphatic carbocycles. The Morgan fingerprint density at radius 1 is 1.35 bits per heavy atom. The van der Waals surface area contributed by atoms with E-state index in [1.165, 1.54) is 22.5 Å². The molecule has 7 nitrogen and oxygen atoms in total. The molecule has 0 radical (unpaired) electrons. The topological polar surface area (TPSA) is 112 Å². The Morgan fingerprint density at radius 2 is 2.18 bits per heavy atom. The Morgan fingerprint density at radius 3 is 2.88 bits per heavy atom. The average Bonchev–Trinajstić information content (AvgIpc) is 3.33. The molecule has 0 aliphatic heterocycles. The summed E-state index contributed by atoms with van der Waals surface area (Å²) in [6.45, 7) is 4.10. The summed E-state index contributed by atoms with van der Waals surface area (Å²) in [6, 6.07) is 5.70. The van der Waals surface area contributed by atoms with Crippen molar-refractivity contribution in [2.75, 3.05) is 5.32 Å². The highest BCUT2D eigenvalue weighted by Gasteiger charge is 2.58. The molecule has 1 amide bonds. The maximum absolute atomic E-state index is 12.7. The van der Waals surface area contributed by atoms with Crippen LogP contribution in [-0.4, -0.2) is 27.5 Å². The highest BCUT2D eigenvalue weighted by molar-refractivity contribution is 7.15. The van der Waals surface area contributed by atoms with Crippen LogP contribution in [-0.2, 0) is 16.0 Å². The van der Waals surface area contributed by atoms with Crippen LogP contribution in [0.25, 0.3) is 0 Å². The van der Waals surface area contributed by atoms with E-state index in [9.17, 15) is 19.9 Å². The van der Waals surface area contributed by atoms with E-state index >= 15 is 0 Å². The summed E-state index contributed by atoms with van der Waals surface area (Å²) >= 11 is 1.44. The van der Waals surface area contributed by atoms with Crippen molar-refractivity contribution in [2.45, 2.75) is 58.3 Å². The molecule has 8 heteroatoms. The van der Waals surface area contributed by atoms with Gasteiger partial charge in [-0.05, 0) is 86.0 Å². The zero-order valence-corrected chi connectivity index (χ0v) is 20.3. The summed E-state index contributed by atoms with van der Waals surface area (Å²) in [6.07, 6.45) is 7.09. The minimum Gasteiger partial charge on any atom is -0.508 e. The van der Waals surface area contributed by atoms with Gasteiger partial charge in [0.25, 0.3) is 0 Å². The van der Waals surface area contributed by atoms with Crippen LogP contribution < -0.4 is 10.8 Å². The lowest BCUT2D eigenvalue weighted by Gasteiger charge is -2.51. The molecule has 1 aromatic heterocycles. The fourth-order valence-corrected chi connectivity index (χ4v) is 7.80. The van der Waals surface area contributed by atoms with Crippen molar-refractivity contribution < 1.29 is 19.9 Å². The summed E-state index contributed by atoms with van der Waals surface area (Å²) in [7, 11) is 0. The fraction of sp³-hybridized carbons (Fsp3) is 0.500. The number of phenols is 1. The SMILES string of the molecule is Cc1cnc(NC(=O)CCC2C(C=O)=C(NO)C3(C)CCC4c5ccc(O)cc5CCC4C23)s1. The van der Waals surface area contributed by atoms with Gasteiger partial charge in [-0.2, -0.15) is 0 Å². The highest BCUT2D eigenvalue weighted by Crippen LogP contribution is 2.64. The number of hydrogen-bond donors (Lipinski definition) is 4. The first-order valence-electron chi connectivity index (χ1n) is 12.0. The largest absolute Gasteiger partial charge is 0.508 e. The number of carbonyl (C=O) groups is 2. The van der Waals surface area contributed by atoms with Crippen LogP contribution in [0.5, 0.6) is 5.75 Å². The quantitative estimate of drug-likeness (QED) is 0.352. The van der Waals surface area contributed by atoms with Gasteiger partial charge in [-0.3, -0.25) is 20.3 Å². The Bertz CT molecular complexity index is 1160. The lowest BCUT2D eigenvalue weighted by atomic mass is 9.53. The number of nitrogens with one attached hydrogen (secondary N) is 2. The minimum atomic E-state index is -0.339. The van der Waals surface area contributed by atoms with Gasteiger partial charge in [-0.25, -0.2) is 4.98 Å². The number of amides is 1. The predicted octanol–water partition coefficient (Wildman–Crippen LogP) is 4.70. The lowest BCUT2D eigenvalue weighted by Crippen LogP contribution is -2.45. The molecule has 0 spiro atoms. The third-order valence-electron chi connectivity index (χ3n) is 8.44. The van der Waals surface area contributed by atoms with Gasteiger partial charge < -0.3 is 10.4 Å². The Hall–Kier alpha value is -2.71. The average molecular weight is 482 g/mol. The maximum atomic E-state index is 12.7. The Labute approximate surface area is 203 Å². The second-order valence-electron chi connectivity index (χ2n) is 10.2. The standard InChI is InChI=1S/C26H31N3O4S/c1-14-12-27-25(34-14)28-22(32)8-7-20-21(13-30)24(29-33)26(2)10-9-18-17-6-4-16(31)11-15(17)3-5-19(18)23(20)26/h4,6,11-13,18-20,23,29,31,33H,3,5,7-10H2,1-2H3,(H,27,28,32). The number of carbonyl (C=O) groups excluding carboxylic acids is 2. The van der Waals surface area contributed by atoms with Crippen molar-refractivity contribution in [3.63, 3.8) is 0 Å². The van der Waals surface area contributed by atoms with Crippen molar-refractivity contribution in [3.8, 4) is 5.75 Å². The van der Waals surface area contributed by atoms with Crippen LogP contribution in [0, 0.1) is 30.1 Å². The molecular weight excluding hydrogens is 450 g/mol. The zero-order chi connectivity index (χ0) is 24.0. The van der Waals surface area contributed by atoms with E-state index in [1.807, 2.05) is 13.0 Å². The van der Waals surface area contributed by atoms with Crippen LogP contribution in [0.15, 0.2) is 35.7 Å². The van der Waals surface area contributed by atoms with Crippen LogP contribution in [0.1, 0.15) is 60.9 Å². The molecule has 1 saturated carbocycles. The monoisotopic (exact) mass is 481 g/mol. The van der Waals surface area contributed by atoms with Gasteiger partial charge in [0.2, 0.25) is 5.91 Å². The summed E-state index contributed by atoms with van der Waals surface area (Å²) in [5.41, 5.74) is 5.79. The van der Waals surface area contributed by atoms with E-state index < -0.39 is 0 Å². The van der Waals surface area contributed by atoms with E-state index in [-0.39, 0.29) is 29.6 Å². The van der Waals surface area contributed by atoms with Crippen LogP contribution >= 0.6 is 11.3 Å². The molecular formula is C26H31N3O4S. The molecule has 34 heavy (non-hydrogen) atoms. The van der Waals surface area contributed by atoms with Crippen LogP contribution in [0.2, 0.25) is 0 Å². The summed E-state index contributed by atoms with van der Waals surface area (Å²) < 4.78 is 0. The Balaban J connectivity index is 1.42. The van der Waals surface area contributed by atoms with Crippen molar-refractivity contribution >= 4 is 28.7 Å². The molecule has 2 aromatic rings. The summed E-state index contributed by atoms with van der Waals surface area (Å²) in [5, 5.41) is 23.5. The van der Waals surface area contributed by atoms with Crippen molar-refractivity contribution in [1.29, 1.82) is 0 Å².